The zero-order valence-corrected chi connectivity index (χ0v) is 18.2. The van der Waals surface area contributed by atoms with Crippen LogP contribution in [0.5, 0.6) is 0 Å². The number of aliphatic hydroxyl groups excluding tert-OH is 1. The highest BCUT2D eigenvalue weighted by molar-refractivity contribution is 6.01. The second-order valence-electron chi connectivity index (χ2n) is 8.78. The molecule has 1 aliphatic heterocycles. The minimum absolute atomic E-state index is 0.0917. The molecule has 1 atom stereocenters. The predicted molar refractivity (Wildman–Crippen MR) is 114 cm³/mol. The Balaban J connectivity index is 1.95. The number of carbonyl (C=O) groups excluding carboxylic acids is 2. The van der Waals surface area contributed by atoms with Crippen molar-refractivity contribution in [2.45, 2.75) is 58.3 Å². The summed E-state index contributed by atoms with van der Waals surface area (Å²) in [5.41, 5.74) is 0.738. The van der Waals surface area contributed by atoms with Crippen molar-refractivity contribution in [2.24, 2.45) is 0 Å². The number of carboxylic acid groups (broad SMARTS) is 1. The minimum atomic E-state index is -1.09. The number of aliphatic hydroxyl groups is 1. The number of nitrogens with zero attached hydrogens (tertiary/aromatic N) is 2. The van der Waals surface area contributed by atoms with Crippen molar-refractivity contribution >= 4 is 17.8 Å². The van der Waals surface area contributed by atoms with Crippen LogP contribution in [0.4, 0.5) is 4.39 Å². The average molecular weight is 443 g/mol. The van der Waals surface area contributed by atoms with Gasteiger partial charge in [-0.1, -0.05) is 0 Å². The summed E-state index contributed by atoms with van der Waals surface area (Å²) in [5, 5.41) is 21.2. The van der Waals surface area contributed by atoms with E-state index in [2.05, 4.69) is 10.3 Å². The summed E-state index contributed by atoms with van der Waals surface area (Å²) >= 11 is 0. The van der Waals surface area contributed by atoms with E-state index in [1.165, 1.54) is 23.2 Å². The molecule has 3 rings (SSSR count). The summed E-state index contributed by atoms with van der Waals surface area (Å²) < 4.78 is 15.4. The maximum absolute atomic E-state index is 15.4. The second kappa shape index (κ2) is 9.04. The first-order valence-corrected chi connectivity index (χ1v) is 10.2. The number of hydrogen-bond acceptors (Lipinski definition) is 5. The maximum atomic E-state index is 15.4. The first-order valence-electron chi connectivity index (χ1n) is 10.2. The molecule has 170 valence electrons. The number of fused-ring (bicyclic) bond motifs is 1. The van der Waals surface area contributed by atoms with E-state index in [1.54, 1.807) is 32.9 Å². The number of nitrogens with one attached hydrogen (secondary N) is 1. The Morgan fingerprint density at radius 1 is 1.25 bits per heavy atom. The summed E-state index contributed by atoms with van der Waals surface area (Å²) in [6.07, 6.45) is 1.06. The third-order valence-corrected chi connectivity index (χ3v) is 5.15. The van der Waals surface area contributed by atoms with E-state index in [1.807, 2.05) is 0 Å². The lowest BCUT2D eigenvalue weighted by atomic mass is 10.0. The largest absolute Gasteiger partial charge is 0.481 e. The molecule has 2 amide bonds. The molecule has 0 spiro atoms. The Bertz CT molecular complexity index is 1060. The lowest BCUT2D eigenvalue weighted by Crippen LogP contribution is -2.52. The van der Waals surface area contributed by atoms with Crippen LogP contribution in [0.2, 0.25) is 0 Å². The van der Waals surface area contributed by atoms with Gasteiger partial charge in [0.25, 0.3) is 5.91 Å². The standard InChI is InChI=1S/C23H26FN3O5/c1-23(2,3)26-21(31)18(6-7-19(29)30)27-11-16-14(22(27)32)4-5-15(20(16)24)17-10-13(12-28)8-9-25-17/h4-5,8-10,18,28H,6-7,11-12H2,1-3H3,(H,26,31)(H,29,30). The highest BCUT2D eigenvalue weighted by atomic mass is 19.1. The minimum Gasteiger partial charge on any atom is -0.481 e. The van der Waals surface area contributed by atoms with Gasteiger partial charge in [-0.05, 0) is 57.0 Å². The third-order valence-electron chi connectivity index (χ3n) is 5.15. The molecule has 32 heavy (non-hydrogen) atoms. The Morgan fingerprint density at radius 2 is 1.94 bits per heavy atom. The van der Waals surface area contributed by atoms with Gasteiger partial charge < -0.3 is 20.4 Å². The topological polar surface area (TPSA) is 120 Å². The number of rotatable bonds is 7. The highest BCUT2D eigenvalue weighted by Crippen LogP contribution is 2.33. The Hall–Kier alpha value is -3.33. The SMILES string of the molecule is CC(C)(C)NC(=O)C(CCC(=O)O)N1Cc2c(ccc(-c3cc(CO)ccn3)c2F)C1=O. The van der Waals surface area contributed by atoms with Crippen molar-refractivity contribution in [1.29, 1.82) is 0 Å². The van der Waals surface area contributed by atoms with Gasteiger partial charge in [0.2, 0.25) is 5.91 Å². The van der Waals surface area contributed by atoms with Gasteiger partial charge in [-0.15, -0.1) is 0 Å². The average Bonchev–Trinajstić information content (AvgIpc) is 3.04. The molecule has 0 saturated heterocycles. The lowest BCUT2D eigenvalue weighted by molar-refractivity contribution is -0.137. The summed E-state index contributed by atoms with van der Waals surface area (Å²) in [5.74, 6) is -2.74. The van der Waals surface area contributed by atoms with Gasteiger partial charge in [-0.2, -0.15) is 0 Å². The number of aromatic nitrogens is 1. The molecule has 1 aromatic heterocycles. The van der Waals surface area contributed by atoms with Gasteiger partial charge in [-0.25, -0.2) is 4.39 Å². The molecular weight excluding hydrogens is 417 g/mol. The van der Waals surface area contributed by atoms with E-state index in [-0.39, 0.29) is 42.7 Å². The summed E-state index contributed by atoms with van der Waals surface area (Å²) in [4.78, 5) is 42.4. The summed E-state index contributed by atoms with van der Waals surface area (Å²) in [6, 6.07) is 5.05. The number of carbonyl (C=O) groups is 3. The molecule has 0 bridgehead atoms. The van der Waals surface area contributed by atoms with Gasteiger partial charge in [0, 0.05) is 34.8 Å². The molecule has 0 fully saturated rings. The molecule has 0 radical (unpaired) electrons. The highest BCUT2D eigenvalue weighted by Gasteiger charge is 2.39. The van der Waals surface area contributed by atoms with Gasteiger partial charge in [-0.3, -0.25) is 19.4 Å². The second-order valence-corrected chi connectivity index (χ2v) is 8.78. The summed E-state index contributed by atoms with van der Waals surface area (Å²) in [7, 11) is 0. The Kier molecular flexibility index (Phi) is 6.59. The lowest BCUT2D eigenvalue weighted by Gasteiger charge is -2.30. The van der Waals surface area contributed by atoms with Crippen LogP contribution in [0.1, 0.15) is 55.1 Å². The van der Waals surface area contributed by atoms with E-state index in [9.17, 15) is 19.5 Å². The molecule has 1 aromatic carbocycles. The van der Waals surface area contributed by atoms with E-state index in [4.69, 9.17) is 5.11 Å². The van der Waals surface area contributed by atoms with Crippen molar-refractivity contribution in [3.8, 4) is 11.3 Å². The van der Waals surface area contributed by atoms with Crippen molar-refractivity contribution in [3.63, 3.8) is 0 Å². The van der Waals surface area contributed by atoms with E-state index in [0.717, 1.165) is 0 Å². The van der Waals surface area contributed by atoms with E-state index in [0.29, 0.717) is 11.3 Å². The molecule has 8 nitrogen and oxygen atoms in total. The first-order chi connectivity index (χ1) is 15.0. The molecule has 1 unspecified atom stereocenters. The number of pyridine rings is 1. The Morgan fingerprint density at radius 3 is 2.56 bits per heavy atom. The molecule has 2 aromatic rings. The number of amides is 2. The predicted octanol–water partition coefficient (Wildman–Crippen LogP) is 2.48. The number of hydrogen-bond donors (Lipinski definition) is 3. The fraction of sp³-hybridized carbons (Fsp3) is 0.391. The Labute approximate surface area is 185 Å². The van der Waals surface area contributed by atoms with Crippen molar-refractivity contribution in [3.05, 3.63) is 53.0 Å². The van der Waals surface area contributed by atoms with Crippen molar-refractivity contribution in [1.82, 2.24) is 15.2 Å². The van der Waals surface area contributed by atoms with Crippen LogP contribution < -0.4 is 5.32 Å². The zero-order valence-electron chi connectivity index (χ0n) is 18.2. The normalized spacial score (nSPS) is 14.3. The quantitative estimate of drug-likeness (QED) is 0.605. The van der Waals surface area contributed by atoms with E-state index < -0.39 is 35.2 Å². The fourth-order valence-corrected chi connectivity index (χ4v) is 3.68. The first kappa shape index (κ1) is 23.3. The number of carboxylic acids is 1. The van der Waals surface area contributed by atoms with Crippen LogP contribution >= 0.6 is 0 Å². The summed E-state index contributed by atoms with van der Waals surface area (Å²) in [6.45, 7) is 4.95. The van der Waals surface area contributed by atoms with Crippen molar-refractivity contribution < 1.29 is 29.0 Å². The number of halogens is 1. The van der Waals surface area contributed by atoms with Crippen LogP contribution in [-0.2, 0) is 22.7 Å². The fourth-order valence-electron chi connectivity index (χ4n) is 3.68. The van der Waals surface area contributed by atoms with Gasteiger partial charge in [0.15, 0.2) is 0 Å². The van der Waals surface area contributed by atoms with Crippen LogP contribution in [0.25, 0.3) is 11.3 Å². The van der Waals surface area contributed by atoms with Gasteiger partial charge in [0.1, 0.15) is 11.9 Å². The van der Waals surface area contributed by atoms with Gasteiger partial charge >= 0.3 is 5.97 Å². The van der Waals surface area contributed by atoms with Crippen LogP contribution in [0, 0.1) is 5.82 Å². The molecule has 3 N–H and O–H groups in total. The zero-order chi connectivity index (χ0) is 23.6. The van der Waals surface area contributed by atoms with Crippen molar-refractivity contribution in [2.75, 3.05) is 0 Å². The molecule has 1 aliphatic rings. The number of benzene rings is 1. The molecule has 2 heterocycles. The van der Waals surface area contributed by atoms with E-state index >= 15 is 4.39 Å². The maximum Gasteiger partial charge on any atom is 0.303 e. The third kappa shape index (κ3) is 4.94. The molecule has 0 saturated carbocycles. The monoisotopic (exact) mass is 443 g/mol. The van der Waals surface area contributed by atoms with Crippen LogP contribution in [0.15, 0.2) is 30.5 Å². The smallest absolute Gasteiger partial charge is 0.303 e. The molecular formula is C23H26FN3O5. The van der Waals surface area contributed by atoms with Crippen LogP contribution in [-0.4, -0.2) is 49.5 Å². The van der Waals surface area contributed by atoms with Crippen LogP contribution in [0.3, 0.4) is 0 Å². The molecule has 0 aliphatic carbocycles. The van der Waals surface area contributed by atoms with Gasteiger partial charge in [0.05, 0.1) is 18.8 Å². The number of aliphatic carboxylic acids is 1. The molecule has 9 heteroatoms.